The lowest BCUT2D eigenvalue weighted by atomic mass is 10.1. The van der Waals surface area contributed by atoms with E-state index in [1.807, 2.05) is 13.8 Å². The number of rotatable bonds is 8. The lowest BCUT2D eigenvalue weighted by Crippen LogP contribution is -2.30. The summed E-state index contributed by atoms with van der Waals surface area (Å²) in [6.45, 7) is 3.55. The van der Waals surface area contributed by atoms with E-state index in [2.05, 4.69) is 10.1 Å². The molecule has 168 valence electrons. The molecule has 1 fully saturated rings. The number of nitro benzene ring substituents is 1. The summed E-state index contributed by atoms with van der Waals surface area (Å²) >= 11 is 0. The lowest BCUT2D eigenvalue weighted by Gasteiger charge is -2.15. The number of non-ortho nitro benzene ring substituents is 1. The van der Waals surface area contributed by atoms with Crippen LogP contribution in [0.5, 0.6) is 5.75 Å². The third-order valence-electron chi connectivity index (χ3n) is 4.73. The number of esters is 1. The molecule has 1 aliphatic heterocycles. The SMILES string of the molecule is CCC(C)Oc1ccc([N+](=O)[O-])cc1C=C1NC(=O)N(Cc2ccc(C(=O)OC)o2)C1=O. The van der Waals surface area contributed by atoms with Crippen LogP contribution in [-0.4, -0.2) is 40.9 Å². The van der Waals surface area contributed by atoms with Crippen LogP contribution in [0.3, 0.4) is 0 Å². The van der Waals surface area contributed by atoms with Crippen molar-refractivity contribution in [1.29, 1.82) is 0 Å². The van der Waals surface area contributed by atoms with E-state index in [4.69, 9.17) is 9.15 Å². The minimum absolute atomic E-state index is 0.0613. The number of nitrogens with one attached hydrogen (secondary N) is 1. The average molecular weight is 443 g/mol. The molecule has 1 unspecified atom stereocenters. The smallest absolute Gasteiger partial charge is 0.373 e. The molecule has 11 heteroatoms. The molecule has 1 saturated heterocycles. The summed E-state index contributed by atoms with van der Waals surface area (Å²) in [6, 6.07) is 6.14. The van der Waals surface area contributed by atoms with Crippen LogP contribution in [0.4, 0.5) is 10.5 Å². The Balaban J connectivity index is 1.87. The number of carbonyl (C=O) groups is 3. The molecular formula is C21H21N3O8. The lowest BCUT2D eigenvalue weighted by molar-refractivity contribution is -0.384. The number of amides is 3. The third kappa shape index (κ3) is 4.77. The van der Waals surface area contributed by atoms with Gasteiger partial charge in [0.2, 0.25) is 5.76 Å². The van der Waals surface area contributed by atoms with E-state index in [1.54, 1.807) is 0 Å². The normalized spacial score (nSPS) is 15.6. The van der Waals surface area contributed by atoms with Gasteiger partial charge < -0.3 is 19.2 Å². The number of nitro groups is 1. The predicted octanol–water partition coefficient (Wildman–Crippen LogP) is 3.24. The number of benzene rings is 1. The molecule has 0 bridgehead atoms. The Morgan fingerprint density at radius 3 is 2.72 bits per heavy atom. The van der Waals surface area contributed by atoms with Crippen molar-refractivity contribution in [3.05, 3.63) is 63.2 Å². The molecule has 1 atom stereocenters. The number of methoxy groups -OCH3 is 1. The molecule has 32 heavy (non-hydrogen) atoms. The van der Waals surface area contributed by atoms with Gasteiger partial charge in [0.05, 0.1) is 24.7 Å². The second kappa shape index (κ2) is 9.33. The van der Waals surface area contributed by atoms with Gasteiger partial charge in [-0.1, -0.05) is 6.92 Å². The molecule has 2 heterocycles. The highest BCUT2D eigenvalue weighted by molar-refractivity contribution is 6.14. The van der Waals surface area contributed by atoms with Crippen LogP contribution in [0.15, 0.2) is 40.4 Å². The fourth-order valence-electron chi connectivity index (χ4n) is 2.87. The molecule has 11 nitrogen and oxygen atoms in total. The Kier molecular flexibility index (Phi) is 6.57. The first kappa shape index (κ1) is 22.5. The van der Waals surface area contributed by atoms with Crippen LogP contribution in [0.1, 0.15) is 42.1 Å². The zero-order valence-electron chi connectivity index (χ0n) is 17.6. The standard InChI is InChI=1S/C21H21N3O8/c1-4-12(2)31-17-7-5-14(24(28)29)9-13(17)10-16-19(25)23(21(27)22-16)11-15-6-8-18(32-15)20(26)30-3/h5-10,12H,4,11H2,1-3H3,(H,22,27). The van der Waals surface area contributed by atoms with Crippen molar-refractivity contribution in [2.45, 2.75) is 32.9 Å². The van der Waals surface area contributed by atoms with Gasteiger partial charge in [-0.2, -0.15) is 0 Å². The van der Waals surface area contributed by atoms with Crippen molar-refractivity contribution in [2.24, 2.45) is 0 Å². The van der Waals surface area contributed by atoms with Crippen molar-refractivity contribution in [3.8, 4) is 5.75 Å². The monoisotopic (exact) mass is 443 g/mol. The second-order valence-electron chi connectivity index (χ2n) is 6.95. The maximum Gasteiger partial charge on any atom is 0.373 e. The van der Waals surface area contributed by atoms with Gasteiger partial charge in [-0.05, 0) is 37.6 Å². The number of urea groups is 1. The molecule has 3 amide bonds. The Morgan fingerprint density at radius 1 is 1.31 bits per heavy atom. The van der Waals surface area contributed by atoms with Crippen molar-refractivity contribution >= 4 is 29.7 Å². The molecule has 0 radical (unpaired) electrons. The Bertz CT molecular complexity index is 1100. The van der Waals surface area contributed by atoms with E-state index in [-0.39, 0.29) is 41.1 Å². The summed E-state index contributed by atoms with van der Waals surface area (Å²) in [5.74, 6) is -0.868. The van der Waals surface area contributed by atoms with Gasteiger partial charge in [-0.25, -0.2) is 9.59 Å². The van der Waals surface area contributed by atoms with Gasteiger partial charge >= 0.3 is 12.0 Å². The molecule has 0 saturated carbocycles. The number of ether oxygens (including phenoxy) is 2. The zero-order chi connectivity index (χ0) is 23.4. The van der Waals surface area contributed by atoms with Crippen LogP contribution >= 0.6 is 0 Å². The average Bonchev–Trinajstić information content (AvgIpc) is 3.34. The van der Waals surface area contributed by atoms with E-state index < -0.39 is 22.8 Å². The van der Waals surface area contributed by atoms with Crippen molar-refractivity contribution < 1.29 is 33.2 Å². The molecule has 1 N–H and O–H groups in total. The Labute approximate surface area is 182 Å². The molecule has 0 aliphatic carbocycles. The molecule has 0 spiro atoms. The molecular weight excluding hydrogens is 422 g/mol. The maximum absolute atomic E-state index is 12.8. The number of carbonyl (C=O) groups excluding carboxylic acids is 3. The van der Waals surface area contributed by atoms with Crippen LogP contribution in [0.2, 0.25) is 0 Å². The van der Waals surface area contributed by atoms with Crippen LogP contribution in [0, 0.1) is 10.1 Å². The summed E-state index contributed by atoms with van der Waals surface area (Å²) in [5.41, 5.74) is 0.00753. The summed E-state index contributed by atoms with van der Waals surface area (Å²) < 4.78 is 15.7. The second-order valence-corrected chi connectivity index (χ2v) is 6.95. The van der Waals surface area contributed by atoms with E-state index >= 15 is 0 Å². The first-order valence-electron chi connectivity index (χ1n) is 9.70. The summed E-state index contributed by atoms with van der Waals surface area (Å²) in [4.78, 5) is 48.2. The van der Waals surface area contributed by atoms with E-state index in [1.165, 1.54) is 43.5 Å². The fourth-order valence-corrected chi connectivity index (χ4v) is 2.87. The first-order valence-corrected chi connectivity index (χ1v) is 9.70. The van der Waals surface area contributed by atoms with Crippen LogP contribution in [0.25, 0.3) is 6.08 Å². The number of imide groups is 1. The molecule has 2 aromatic rings. The largest absolute Gasteiger partial charge is 0.490 e. The Morgan fingerprint density at radius 2 is 2.06 bits per heavy atom. The Hall–Kier alpha value is -4.15. The van der Waals surface area contributed by atoms with Gasteiger partial charge in [0, 0.05) is 17.7 Å². The van der Waals surface area contributed by atoms with Crippen molar-refractivity contribution in [2.75, 3.05) is 7.11 Å². The van der Waals surface area contributed by atoms with Gasteiger partial charge in [-0.3, -0.25) is 19.8 Å². The van der Waals surface area contributed by atoms with Gasteiger partial charge in [0.15, 0.2) is 0 Å². The van der Waals surface area contributed by atoms with Gasteiger partial charge in [0.25, 0.3) is 11.6 Å². The summed E-state index contributed by atoms with van der Waals surface area (Å²) in [5, 5.41) is 13.6. The van der Waals surface area contributed by atoms with E-state index in [0.717, 1.165) is 4.90 Å². The summed E-state index contributed by atoms with van der Waals surface area (Å²) in [6.07, 6.45) is 1.86. The summed E-state index contributed by atoms with van der Waals surface area (Å²) in [7, 11) is 1.20. The minimum Gasteiger partial charge on any atom is -0.490 e. The van der Waals surface area contributed by atoms with Crippen molar-refractivity contribution in [1.82, 2.24) is 10.2 Å². The van der Waals surface area contributed by atoms with Gasteiger partial charge in [-0.15, -0.1) is 0 Å². The molecule has 3 rings (SSSR count). The molecule has 1 aliphatic rings. The fraction of sp³-hybridized carbons (Fsp3) is 0.286. The molecule has 1 aromatic carbocycles. The highest BCUT2D eigenvalue weighted by Gasteiger charge is 2.34. The highest BCUT2D eigenvalue weighted by atomic mass is 16.6. The number of nitrogens with zero attached hydrogens (tertiary/aromatic N) is 2. The van der Waals surface area contributed by atoms with Crippen molar-refractivity contribution in [3.63, 3.8) is 0 Å². The zero-order valence-corrected chi connectivity index (χ0v) is 17.6. The first-order chi connectivity index (χ1) is 15.2. The minimum atomic E-state index is -0.702. The number of hydrogen-bond donors (Lipinski definition) is 1. The predicted molar refractivity (Wildman–Crippen MR) is 111 cm³/mol. The van der Waals surface area contributed by atoms with Gasteiger partial charge in [0.1, 0.15) is 17.2 Å². The quantitative estimate of drug-likeness (QED) is 0.215. The maximum atomic E-state index is 12.8. The topological polar surface area (TPSA) is 141 Å². The van der Waals surface area contributed by atoms with E-state index in [9.17, 15) is 24.5 Å². The highest BCUT2D eigenvalue weighted by Crippen LogP contribution is 2.29. The number of hydrogen-bond acceptors (Lipinski definition) is 8. The number of furan rings is 1. The van der Waals surface area contributed by atoms with Crippen LogP contribution < -0.4 is 10.1 Å². The third-order valence-corrected chi connectivity index (χ3v) is 4.73. The van der Waals surface area contributed by atoms with E-state index in [0.29, 0.717) is 12.2 Å². The molecule has 1 aromatic heterocycles. The van der Waals surface area contributed by atoms with Crippen LogP contribution in [-0.2, 0) is 16.1 Å².